The number of likely N-dealkylation sites (N-methyl/N-ethyl adjacent to an activating group) is 1. The quantitative estimate of drug-likeness (QED) is 0.559. The minimum absolute atomic E-state index is 0.266. The monoisotopic (exact) mass is 162 g/mol. The van der Waals surface area contributed by atoms with E-state index in [-0.39, 0.29) is 6.67 Å². The smallest absolute Gasteiger partial charge is 0.102 e. The van der Waals surface area contributed by atoms with Crippen LogP contribution in [0.5, 0.6) is 0 Å². The van der Waals surface area contributed by atoms with Gasteiger partial charge in [-0.2, -0.15) is 0 Å². The number of alkyl halides is 1. The molecule has 0 aliphatic carbocycles. The zero-order valence-electron chi connectivity index (χ0n) is 7.57. The molecule has 2 nitrogen and oxygen atoms in total. The Labute approximate surface area is 68.8 Å². The SMILES string of the molecule is CCCN(C)CCNCCF. The van der Waals surface area contributed by atoms with Gasteiger partial charge in [-0.15, -0.1) is 0 Å². The average Bonchev–Trinajstić information content (AvgIpc) is 1.99. The number of nitrogens with one attached hydrogen (secondary N) is 1. The third kappa shape index (κ3) is 7.75. The van der Waals surface area contributed by atoms with Crippen LogP contribution in [0.25, 0.3) is 0 Å². The van der Waals surface area contributed by atoms with Gasteiger partial charge in [-0.25, -0.2) is 4.39 Å². The van der Waals surface area contributed by atoms with Crippen molar-refractivity contribution in [3.05, 3.63) is 0 Å². The van der Waals surface area contributed by atoms with E-state index in [9.17, 15) is 4.39 Å². The molecule has 0 bridgehead atoms. The van der Waals surface area contributed by atoms with E-state index in [1.54, 1.807) is 0 Å². The van der Waals surface area contributed by atoms with Crippen LogP contribution in [0.3, 0.4) is 0 Å². The summed E-state index contributed by atoms with van der Waals surface area (Å²) in [6.45, 7) is 5.40. The van der Waals surface area contributed by atoms with Crippen LogP contribution < -0.4 is 5.32 Å². The fraction of sp³-hybridized carbons (Fsp3) is 1.00. The molecule has 0 unspecified atom stereocenters. The molecule has 0 amide bonds. The molecule has 0 spiro atoms. The summed E-state index contributed by atoms with van der Waals surface area (Å²) in [4.78, 5) is 2.24. The Bertz CT molecular complexity index is 78.5. The maximum absolute atomic E-state index is 11.6. The maximum atomic E-state index is 11.6. The Morgan fingerprint density at radius 2 is 2.00 bits per heavy atom. The van der Waals surface area contributed by atoms with Gasteiger partial charge in [-0.3, -0.25) is 0 Å². The molecule has 11 heavy (non-hydrogen) atoms. The van der Waals surface area contributed by atoms with E-state index in [4.69, 9.17) is 0 Å². The molecule has 0 aliphatic heterocycles. The van der Waals surface area contributed by atoms with E-state index >= 15 is 0 Å². The highest BCUT2D eigenvalue weighted by Crippen LogP contribution is 1.83. The van der Waals surface area contributed by atoms with Crippen molar-refractivity contribution in [3.63, 3.8) is 0 Å². The van der Waals surface area contributed by atoms with Crippen molar-refractivity contribution in [1.82, 2.24) is 10.2 Å². The Balaban J connectivity index is 2.97. The third-order valence-electron chi connectivity index (χ3n) is 1.55. The first-order chi connectivity index (χ1) is 5.31. The summed E-state index contributed by atoms with van der Waals surface area (Å²) >= 11 is 0. The minimum atomic E-state index is -0.266. The molecule has 68 valence electrons. The van der Waals surface area contributed by atoms with Gasteiger partial charge in [-0.05, 0) is 20.0 Å². The summed E-state index contributed by atoms with van der Waals surface area (Å²) in [5.74, 6) is 0. The molecule has 0 aliphatic rings. The Morgan fingerprint density at radius 3 is 2.55 bits per heavy atom. The van der Waals surface area contributed by atoms with Crippen LogP contribution in [0, 0.1) is 0 Å². The predicted octanol–water partition coefficient (Wildman–Crippen LogP) is 0.887. The lowest BCUT2D eigenvalue weighted by Gasteiger charge is -2.14. The van der Waals surface area contributed by atoms with E-state index < -0.39 is 0 Å². The standard InChI is InChI=1S/C8H19FN2/c1-3-7-11(2)8-6-10-5-4-9/h10H,3-8H2,1-2H3. The van der Waals surface area contributed by atoms with E-state index in [1.807, 2.05) is 0 Å². The van der Waals surface area contributed by atoms with Crippen molar-refractivity contribution in [2.24, 2.45) is 0 Å². The van der Waals surface area contributed by atoms with Crippen LogP contribution in [-0.2, 0) is 0 Å². The van der Waals surface area contributed by atoms with Gasteiger partial charge in [0, 0.05) is 19.6 Å². The number of hydrogen-bond acceptors (Lipinski definition) is 2. The fourth-order valence-electron chi connectivity index (χ4n) is 0.955. The van der Waals surface area contributed by atoms with Crippen LogP contribution in [-0.4, -0.2) is 44.8 Å². The zero-order chi connectivity index (χ0) is 8.53. The molecule has 0 rings (SSSR count). The lowest BCUT2D eigenvalue weighted by molar-refractivity contribution is 0.329. The highest BCUT2D eigenvalue weighted by atomic mass is 19.1. The fourth-order valence-corrected chi connectivity index (χ4v) is 0.955. The van der Waals surface area contributed by atoms with Crippen LogP contribution in [0.2, 0.25) is 0 Å². The molecule has 0 heterocycles. The van der Waals surface area contributed by atoms with E-state index in [2.05, 4.69) is 24.2 Å². The largest absolute Gasteiger partial charge is 0.313 e. The van der Waals surface area contributed by atoms with Crippen molar-refractivity contribution >= 4 is 0 Å². The highest BCUT2D eigenvalue weighted by Gasteiger charge is 1.94. The van der Waals surface area contributed by atoms with Crippen LogP contribution >= 0.6 is 0 Å². The number of rotatable bonds is 7. The normalized spacial score (nSPS) is 10.9. The van der Waals surface area contributed by atoms with E-state index in [1.165, 1.54) is 6.42 Å². The molecule has 0 aromatic rings. The zero-order valence-corrected chi connectivity index (χ0v) is 7.57. The van der Waals surface area contributed by atoms with Crippen LogP contribution in [0.15, 0.2) is 0 Å². The lowest BCUT2D eigenvalue weighted by atomic mass is 10.4. The predicted molar refractivity (Wildman–Crippen MR) is 46.6 cm³/mol. The van der Waals surface area contributed by atoms with Crippen molar-refractivity contribution < 1.29 is 4.39 Å². The number of nitrogens with zero attached hydrogens (tertiary/aromatic N) is 1. The van der Waals surface area contributed by atoms with Gasteiger partial charge in [0.2, 0.25) is 0 Å². The van der Waals surface area contributed by atoms with Gasteiger partial charge in [0.1, 0.15) is 6.67 Å². The maximum Gasteiger partial charge on any atom is 0.102 e. The van der Waals surface area contributed by atoms with Crippen molar-refractivity contribution in [2.75, 3.05) is 39.9 Å². The van der Waals surface area contributed by atoms with E-state index in [0.29, 0.717) is 6.54 Å². The Kier molecular flexibility index (Phi) is 7.84. The van der Waals surface area contributed by atoms with E-state index in [0.717, 1.165) is 19.6 Å². The van der Waals surface area contributed by atoms with Crippen LogP contribution in [0.1, 0.15) is 13.3 Å². The molecule has 0 fully saturated rings. The molecule has 0 saturated carbocycles. The summed E-state index contributed by atoms with van der Waals surface area (Å²) in [6, 6.07) is 0. The van der Waals surface area contributed by atoms with Gasteiger partial charge < -0.3 is 10.2 Å². The van der Waals surface area contributed by atoms with Crippen molar-refractivity contribution in [2.45, 2.75) is 13.3 Å². The molecule has 0 saturated heterocycles. The van der Waals surface area contributed by atoms with Gasteiger partial charge in [0.25, 0.3) is 0 Å². The summed E-state index contributed by atoms with van der Waals surface area (Å²) in [7, 11) is 2.08. The number of halogens is 1. The molecule has 0 atom stereocenters. The lowest BCUT2D eigenvalue weighted by Crippen LogP contribution is -2.30. The first kappa shape index (κ1) is 10.8. The van der Waals surface area contributed by atoms with Gasteiger partial charge in [-0.1, -0.05) is 6.92 Å². The van der Waals surface area contributed by atoms with Gasteiger partial charge in [0.15, 0.2) is 0 Å². The second-order valence-electron chi connectivity index (χ2n) is 2.74. The second-order valence-corrected chi connectivity index (χ2v) is 2.74. The van der Waals surface area contributed by atoms with Crippen molar-refractivity contribution in [1.29, 1.82) is 0 Å². The molecule has 0 radical (unpaired) electrons. The topological polar surface area (TPSA) is 15.3 Å². The summed E-state index contributed by atoms with van der Waals surface area (Å²) in [5.41, 5.74) is 0. The van der Waals surface area contributed by atoms with Crippen molar-refractivity contribution in [3.8, 4) is 0 Å². The molecule has 1 N–H and O–H groups in total. The Morgan fingerprint density at radius 1 is 1.27 bits per heavy atom. The molecule has 3 heteroatoms. The molecular formula is C8H19FN2. The third-order valence-corrected chi connectivity index (χ3v) is 1.55. The second kappa shape index (κ2) is 7.95. The van der Waals surface area contributed by atoms with Crippen LogP contribution in [0.4, 0.5) is 4.39 Å². The Hall–Kier alpha value is -0.150. The first-order valence-electron chi connectivity index (χ1n) is 4.26. The summed E-state index contributed by atoms with van der Waals surface area (Å²) in [5, 5.41) is 3.01. The molecule has 0 aromatic carbocycles. The minimum Gasteiger partial charge on any atom is -0.313 e. The van der Waals surface area contributed by atoms with Gasteiger partial charge >= 0.3 is 0 Å². The molecule has 0 aromatic heterocycles. The van der Waals surface area contributed by atoms with Gasteiger partial charge in [0.05, 0.1) is 0 Å². The highest BCUT2D eigenvalue weighted by molar-refractivity contribution is 4.52. The summed E-state index contributed by atoms with van der Waals surface area (Å²) < 4.78 is 11.6. The average molecular weight is 162 g/mol. The molecular weight excluding hydrogens is 143 g/mol. The number of hydrogen-bond donors (Lipinski definition) is 1. The first-order valence-corrected chi connectivity index (χ1v) is 4.26. The summed E-state index contributed by atoms with van der Waals surface area (Å²) in [6.07, 6.45) is 1.18.